The Morgan fingerprint density at radius 3 is 2.55 bits per heavy atom. The molecule has 1 aliphatic rings. The second-order valence-electron chi connectivity index (χ2n) is 8.35. The summed E-state index contributed by atoms with van der Waals surface area (Å²) in [6, 6.07) is 12.3. The smallest absolute Gasteiger partial charge is 0.337 e. The van der Waals surface area contributed by atoms with Gasteiger partial charge < -0.3 is 19.3 Å². The molecule has 1 saturated heterocycles. The average Bonchev–Trinajstić information content (AvgIpc) is 2.75. The lowest BCUT2D eigenvalue weighted by atomic mass is 9.99. The van der Waals surface area contributed by atoms with Crippen molar-refractivity contribution in [3.05, 3.63) is 63.8 Å². The van der Waals surface area contributed by atoms with Crippen LogP contribution in [-0.4, -0.2) is 30.7 Å². The van der Waals surface area contributed by atoms with Crippen molar-refractivity contribution in [3.8, 4) is 0 Å². The third kappa shape index (κ3) is 4.02. The van der Waals surface area contributed by atoms with Crippen LogP contribution in [0.4, 0.5) is 17.3 Å². The lowest BCUT2D eigenvalue weighted by molar-refractivity contribution is 0.0697. The summed E-state index contributed by atoms with van der Waals surface area (Å²) in [5, 5.41) is 10.2. The molecule has 1 fully saturated rings. The molecule has 31 heavy (non-hydrogen) atoms. The molecule has 0 amide bonds. The monoisotopic (exact) mass is 420 g/mol. The molecule has 1 N–H and O–H groups in total. The Balaban J connectivity index is 1.90. The fourth-order valence-corrected chi connectivity index (χ4v) is 4.31. The molecule has 0 atom stereocenters. The first-order valence-corrected chi connectivity index (χ1v) is 10.8. The second-order valence-corrected chi connectivity index (χ2v) is 8.35. The van der Waals surface area contributed by atoms with E-state index in [2.05, 4.69) is 11.8 Å². The number of para-hydroxylation sites is 1. The largest absolute Gasteiger partial charge is 0.478 e. The summed E-state index contributed by atoms with van der Waals surface area (Å²) in [6.45, 7) is 8.37. The molecule has 0 radical (unpaired) electrons. The van der Waals surface area contributed by atoms with Gasteiger partial charge in [-0.25, -0.2) is 4.79 Å². The number of carboxylic acids is 1. The van der Waals surface area contributed by atoms with Crippen LogP contribution in [-0.2, 0) is 0 Å². The molecule has 0 spiro atoms. The Bertz CT molecular complexity index is 1180. The zero-order valence-corrected chi connectivity index (χ0v) is 18.2. The van der Waals surface area contributed by atoms with E-state index in [0.29, 0.717) is 40.7 Å². The maximum absolute atomic E-state index is 13.0. The van der Waals surface area contributed by atoms with Crippen molar-refractivity contribution >= 4 is 34.2 Å². The average molecular weight is 421 g/mol. The lowest BCUT2D eigenvalue weighted by Crippen LogP contribution is -2.33. The first kappa shape index (κ1) is 21.0. The Morgan fingerprint density at radius 1 is 1.16 bits per heavy atom. The molecule has 0 unspecified atom stereocenters. The summed E-state index contributed by atoms with van der Waals surface area (Å²) in [5.41, 5.74) is 2.82. The number of anilines is 3. The first-order valence-electron chi connectivity index (χ1n) is 10.8. The van der Waals surface area contributed by atoms with E-state index in [1.54, 1.807) is 24.3 Å². The summed E-state index contributed by atoms with van der Waals surface area (Å²) < 4.78 is 6.34. The number of benzene rings is 2. The van der Waals surface area contributed by atoms with Gasteiger partial charge in [-0.1, -0.05) is 19.1 Å². The molecule has 6 heteroatoms. The number of aromatic carboxylic acids is 1. The predicted octanol–water partition coefficient (Wildman–Crippen LogP) is 5.19. The SMILES string of the molecule is CCN(c1ccccc1C(=O)O)c1cc(C)cc2c(=O)cc(N3CCC(C)CC3)oc12. The van der Waals surface area contributed by atoms with Gasteiger partial charge in [0.15, 0.2) is 16.9 Å². The van der Waals surface area contributed by atoms with Crippen molar-refractivity contribution < 1.29 is 14.3 Å². The number of carboxylic acid groups (broad SMARTS) is 1. The van der Waals surface area contributed by atoms with E-state index in [9.17, 15) is 14.7 Å². The highest BCUT2D eigenvalue weighted by atomic mass is 16.4. The van der Waals surface area contributed by atoms with Crippen LogP contribution in [0.15, 0.2) is 51.7 Å². The molecule has 0 aliphatic carbocycles. The van der Waals surface area contributed by atoms with Gasteiger partial charge in [0.1, 0.15) is 0 Å². The van der Waals surface area contributed by atoms with Gasteiger partial charge in [0.05, 0.1) is 22.3 Å². The van der Waals surface area contributed by atoms with Crippen molar-refractivity contribution in [2.45, 2.75) is 33.6 Å². The maximum Gasteiger partial charge on any atom is 0.337 e. The summed E-state index contributed by atoms with van der Waals surface area (Å²) in [5.74, 6) is 0.261. The van der Waals surface area contributed by atoms with Crippen LogP contribution in [0.25, 0.3) is 11.0 Å². The molecule has 162 valence electrons. The van der Waals surface area contributed by atoms with Crippen molar-refractivity contribution in [1.29, 1.82) is 0 Å². The maximum atomic E-state index is 13.0. The van der Waals surface area contributed by atoms with Crippen LogP contribution in [0.3, 0.4) is 0 Å². The number of hydrogen-bond donors (Lipinski definition) is 1. The Kier molecular flexibility index (Phi) is 5.72. The standard InChI is InChI=1S/C25H28N2O4/c1-4-27(20-8-6-5-7-18(20)25(29)30)21-14-17(3)13-19-22(28)15-23(31-24(19)21)26-11-9-16(2)10-12-26/h5-8,13-16H,4,9-12H2,1-3H3,(H,29,30). The predicted molar refractivity (Wildman–Crippen MR) is 124 cm³/mol. The number of carbonyl (C=O) groups is 1. The van der Waals surface area contributed by atoms with Gasteiger partial charge in [0.2, 0.25) is 0 Å². The topological polar surface area (TPSA) is 74.0 Å². The van der Waals surface area contributed by atoms with Gasteiger partial charge in [-0.15, -0.1) is 0 Å². The highest BCUT2D eigenvalue weighted by Crippen LogP contribution is 2.36. The third-order valence-corrected chi connectivity index (χ3v) is 6.07. The highest BCUT2D eigenvalue weighted by molar-refractivity contribution is 5.99. The minimum Gasteiger partial charge on any atom is -0.478 e. The molecule has 2 heterocycles. The Labute approximate surface area is 181 Å². The first-order chi connectivity index (χ1) is 14.9. The summed E-state index contributed by atoms with van der Waals surface area (Å²) >= 11 is 0. The van der Waals surface area contributed by atoms with Crippen LogP contribution in [0, 0.1) is 12.8 Å². The molecular formula is C25H28N2O4. The van der Waals surface area contributed by atoms with Crippen molar-refractivity contribution in [3.63, 3.8) is 0 Å². The molecule has 2 aromatic carbocycles. The van der Waals surface area contributed by atoms with E-state index in [0.717, 1.165) is 31.5 Å². The minimum atomic E-state index is -0.990. The fourth-order valence-electron chi connectivity index (χ4n) is 4.31. The third-order valence-electron chi connectivity index (χ3n) is 6.07. The zero-order valence-electron chi connectivity index (χ0n) is 18.2. The van der Waals surface area contributed by atoms with Crippen molar-refractivity contribution in [1.82, 2.24) is 0 Å². The fraction of sp³-hybridized carbons (Fsp3) is 0.360. The molecule has 6 nitrogen and oxygen atoms in total. The number of nitrogens with zero attached hydrogens (tertiary/aromatic N) is 2. The number of hydrogen-bond acceptors (Lipinski definition) is 5. The summed E-state index contributed by atoms with van der Waals surface area (Å²) in [7, 11) is 0. The Morgan fingerprint density at radius 2 is 1.87 bits per heavy atom. The van der Waals surface area contributed by atoms with Gasteiger partial charge in [-0.05, 0) is 62.4 Å². The highest BCUT2D eigenvalue weighted by Gasteiger charge is 2.23. The Hall–Kier alpha value is -3.28. The molecule has 4 rings (SSSR count). The van der Waals surface area contributed by atoms with Gasteiger partial charge in [0, 0.05) is 25.7 Å². The minimum absolute atomic E-state index is 0.0811. The van der Waals surface area contributed by atoms with E-state index in [-0.39, 0.29) is 11.0 Å². The van der Waals surface area contributed by atoms with Gasteiger partial charge in [-0.3, -0.25) is 4.79 Å². The van der Waals surface area contributed by atoms with Crippen LogP contribution < -0.4 is 15.2 Å². The summed E-state index contributed by atoms with van der Waals surface area (Å²) in [6.07, 6.45) is 2.13. The van der Waals surface area contributed by atoms with Crippen LogP contribution in [0.2, 0.25) is 0 Å². The number of piperidine rings is 1. The van der Waals surface area contributed by atoms with Gasteiger partial charge >= 0.3 is 5.97 Å². The van der Waals surface area contributed by atoms with Crippen LogP contribution in [0.1, 0.15) is 42.6 Å². The van der Waals surface area contributed by atoms with E-state index in [4.69, 9.17) is 4.42 Å². The van der Waals surface area contributed by atoms with Crippen LogP contribution in [0.5, 0.6) is 0 Å². The molecular weight excluding hydrogens is 392 g/mol. The van der Waals surface area contributed by atoms with Crippen molar-refractivity contribution in [2.24, 2.45) is 5.92 Å². The lowest BCUT2D eigenvalue weighted by Gasteiger charge is -2.31. The quantitative estimate of drug-likeness (QED) is 0.612. The van der Waals surface area contributed by atoms with Crippen LogP contribution >= 0.6 is 0 Å². The second kappa shape index (κ2) is 8.46. The van der Waals surface area contributed by atoms with E-state index >= 15 is 0 Å². The van der Waals surface area contributed by atoms with E-state index < -0.39 is 5.97 Å². The zero-order chi connectivity index (χ0) is 22.1. The summed E-state index contributed by atoms with van der Waals surface area (Å²) in [4.78, 5) is 28.9. The van der Waals surface area contributed by atoms with Gasteiger partial charge in [-0.2, -0.15) is 0 Å². The van der Waals surface area contributed by atoms with Crippen molar-refractivity contribution in [2.75, 3.05) is 29.4 Å². The number of aryl methyl sites for hydroxylation is 1. The molecule has 3 aromatic rings. The normalized spacial score (nSPS) is 14.7. The molecule has 1 aromatic heterocycles. The van der Waals surface area contributed by atoms with E-state index in [1.807, 2.05) is 36.9 Å². The molecule has 0 bridgehead atoms. The number of fused-ring (bicyclic) bond motifs is 1. The van der Waals surface area contributed by atoms with Gasteiger partial charge in [0.25, 0.3) is 0 Å². The number of rotatable bonds is 5. The van der Waals surface area contributed by atoms with E-state index in [1.165, 1.54) is 0 Å². The molecule has 1 aliphatic heterocycles. The molecule has 0 saturated carbocycles.